The largest absolute Gasteiger partial charge is 0.347 e. The third kappa shape index (κ3) is 3.17. The number of fused-ring (bicyclic) bond motifs is 1. The van der Waals surface area contributed by atoms with E-state index < -0.39 is 0 Å². The van der Waals surface area contributed by atoms with Gasteiger partial charge in [-0.05, 0) is 23.6 Å². The second-order valence-electron chi connectivity index (χ2n) is 5.36. The number of hydrogen-bond donors (Lipinski definition) is 1. The average molecular weight is 294 g/mol. The summed E-state index contributed by atoms with van der Waals surface area (Å²) in [5.41, 5.74) is 3.09. The van der Waals surface area contributed by atoms with E-state index in [1.165, 1.54) is 5.56 Å². The van der Waals surface area contributed by atoms with Gasteiger partial charge in [0, 0.05) is 12.2 Å². The van der Waals surface area contributed by atoms with Gasteiger partial charge in [-0.3, -0.25) is 9.59 Å². The molecular weight excluding hydrogens is 276 g/mol. The van der Waals surface area contributed by atoms with E-state index in [0.717, 1.165) is 17.7 Å². The summed E-state index contributed by atoms with van der Waals surface area (Å²) in [6, 6.07) is 17.4. The Hall–Kier alpha value is -2.62. The zero-order chi connectivity index (χ0) is 15.4. The molecular formula is C18H18N2O2. The number of para-hydroxylation sites is 1. The summed E-state index contributed by atoms with van der Waals surface area (Å²) >= 11 is 0. The van der Waals surface area contributed by atoms with Gasteiger partial charge in [0.2, 0.25) is 11.8 Å². The molecule has 2 aromatic rings. The van der Waals surface area contributed by atoms with Gasteiger partial charge in [-0.2, -0.15) is 0 Å². The average Bonchev–Trinajstić information content (AvgIpc) is 2.98. The maximum Gasteiger partial charge on any atom is 0.246 e. The maximum atomic E-state index is 12.3. The van der Waals surface area contributed by atoms with E-state index >= 15 is 0 Å². The van der Waals surface area contributed by atoms with Crippen LogP contribution >= 0.6 is 0 Å². The van der Waals surface area contributed by atoms with Crippen molar-refractivity contribution < 1.29 is 9.59 Å². The molecule has 4 heteroatoms. The van der Waals surface area contributed by atoms with Crippen molar-refractivity contribution in [1.29, 1.82) is 0 Å². The molecule has 2 aromatic carbocycles. The molecule has 0 spiro atoms. The van der Waals surface area contributed by atoms with Crippen LogP contribution in [0, 0.1) is 0 Å². The molecule has 0 saturated carbocycles. The molecule has 0 aliphatic carbocycles. The number of rotatable bonds is 4. The molecule has 4 nitrogen and oxygen atoms in total. The number of amides is 2. The predicted octanol–water partition coefficient (Wildman–Crippen LogP) is 1.93. The highest BCUT2D eigenvalue weighted by Gasteiger charge is 2.23. The van der Waals surface area contributed by atoms with Crippen molar-refractivity contribution in [3.05, 3.63) is 65.7 Å². The second kappa shape index (κ2) is 6.43. The van der Waals surface area contributed by atoms with Crippen molar-refractivity contribution >= 4 is 17.5 Å². The topological polar surface area (TPSA) is 49.4 Å². The Balaban J connectivity index is 1.54. The molecule has 112 valence electrons. The van der Waals surface area contributed by atoms with E-state index in [-0.39, 0.29) is 18.4 Å². The summed E-state index contributed by atoms with van der Waals surface area (Å²) in [4.78, 5) is 25.9. The van der Waals surface area contributed by atoms with Crippen molar-refractivity contribution in [2.45, 2.75) is 12.8 Å². The number of carbonyl (C=O) groups is 2. The summed E-state index contributed by atoms with van der Waals surface area (Å²) in [7, 11) is 0. The normalized spacial score (nSPS) is 12.8. The van der Waals surface area contributed by atoms with Crippen LogP contribution in [0.3, 0.4) is 0 Å². The molecule has 1 aliphatic heterocycles. The summed E-state index contributed by atoms with van der Waals surface area (Å²) in [6.07, 6.45) is 1.17. The fourth-order valence-electron chi connectivity index (χ4n) is 2.71. The standard InChI is InChI=1S/C18H18N2O2/c21-17(12-14-6-2-1-3-7-14)19-13-18(22)20-11-10-15-8-4-5-9-16(15)20/h1-9H,10-13H2,(H,19,21). The number of anilines is 1. The number of carbonyl (C=O) groups excluding carboxylic acids is 2. The molecule has 0 atom stereocenters. The van der Waals surface area contributed by atoms with E-state index in [1.54, 1.807) is 4.90 Å². The lowest BCUT2D eigenvalue weighted by Crippen LogP contribution is -2.39. The van der Waals surface area contributed by atoms with Crippen LogP contribution in [-0.2, 0) is 22.4 Å². The van der Waals surface area contributed by atoms with Crippen LogP contribution < -0.4 is 10.2 Å². The molecule has 3 rings (SSSR count). The van der Waals surface area contributed by atoms with Crippen LogP contribution in [0.4, 0.5) is 5.69 Å². The molecule has 1 aliphatic rings. The molecule has 0 bridgehead atoms. The highest BCUT2D eigenvalue weighted by atomic mass is 16.2. The van der Waals surface area contributed by atoms with Crippen LogP contribution in [0.5, 0.6) is 0 Å². The minimum Gasteiger partial charge on any atom is -0.347 e. The van der Waals surface area contributed by atoms with Crippen molar-refractivity contribution in [2.75, 3.05) is 18.0 Å². The second-order valence-corrected chi connectivity index (χ2v) is 5.36. The minimum absolute atomic E-state index is 0.0417. The smallest absolute Gasteiger partial charge is 0.246 e. The lowest BCUT2D eigenvalue weighted by atomic mass is 10.1. The summed E-state index contributed by atoms with van der Waals surface area (Å²) in [5.74, 6) is -0.196. The van der Waals surface area contributed by atoms with Gasteiger partial charge in [-0.1, -0.05) is 48.5 Å². The fraction of sp³-hybridized carbons (Fsp3) is 0.222. The Labute approximate surface area is 129 Å². The molecule has 1 N–H and O–H groups in total. The van der Waals surface area contributed by atoms with Crippen molar-refractivity contribution in [3.63, 3.8) is 0 Å². The van der Waals surface area contributed by atoms with Crippen LogP contribution in [0.1, 0.15) is 11.1 Å². The Morgan fingerprint density at radius 1 is 1.00 bits per heavy atom. The molecule has 1 heterocycles. The summed E-state index contributed by atoms with van der Waals surface area (Å²) in [5, 5.41) is 2.71. The quantitative estimate of drug-likeness (QED) is 0.937. The number of nitrogens with one attached hydrogen (secondary N) is 1. The molecule has 0 aromatic heterocycles. The monoisotopic (exact) mass is 294 g/mol. The zero-order valence-electron chi connectivity index (χ0n) is 12.3. The summed E-state index contributed by atoms with van der Waals surface area (Å²) < 4.78 is 0. The first-order valence-electron chi connectivity index (χ1n) is 7.43. The Bertz CT molecular complexity index is 682. The predicted molar refractivity (Wildman–Crippen MR) is 85.7 cm³/mol. The first-order valence-corrected chi connectivity index (χ1v) is 7.43. The molecule has 0 unspecified atom stereocenters. The van der Waals surface area contributed by atoms with E-state index in [9.17, 15) is 9.59 Å². The molecule has 2 amide bonds. The first-order chi connectivity index (χ1) is 10.7. The van der Waals surface area contributed by atoms with E-state index in [2.05, 4.69) is 5.32 Å². The van der Waals surface area contributed by atoms with Crippen LogP contribution in [0.15, 0.2) is 54.6 Å². The third-order valence-corrected chi connectivity index (χ3v) is 3.83. The Morgan fingerprint density at radius 3 is 2.55 bits per heavy atom. The van der Waals surface area contributed by atoms with Gasteiger partial charge < -0.3 is 10.2 Å². The van der Waals surface area contributed by atoms with E-state index in [0.29, 0.717) is 13.0 Å². The van der Waals surface area contributed by atoms with Gasteiger partial charge in [0.15, 0.2) is 0 Å². The zero-order valence-corrected chi connectivity index (χ0v) is 12.3. The molecule has 22 heavy (non-hydrogen) atoms. The van der Waals surface area contributed by atoms with Gasteiger partial charge in [-0.25, -0.2) is 0 Å². The Kier molecular flexibility index (Phi) is 4.19. The van der Waals surface area contributed by atoms with Gasteiger partial charge in [0.1, 0.15) is 0 Å². The van der Waals surface area contributed by atoms with Gasteiger partial charge in [0.05, 0.1) is 13.0 Å². The van der Waals surface area contributed by atoms with Crippen LogP contribution in [0.2, 0.25) is 0 Å². The van der Waals surface area contributed by atoms with Crippen molar-refractivity contribution in [3.8, 4) is 0 Å². The highest BCUT2D eigenvalue weighted by Crippen LogP contribution is 2.27. The van der Waals surface area contributed by atoms with Gasteiger partial charge >= 0.3 is 0 Å². The van der Waals surface area contributed by atoms with Crippen molar-refractivity contribution in [2.24, 2.45) is 0 Å². The molecule has 0 radical (unpaired) electrons. The lowest BCUT2D eigenvalue weighted by Gasteiger charge is -2.17. The maximum absolute atomic E-state index is 12.3. The van der Waals surface area contributed by atoms with E-state index in [1.807, 2.05) is 54.6 Å². The minimum atomic E-state index is -0.132. The summed E-state index contributed by atoms with van der Waals surface area (Å²) in [6.45, 7) is 0.729. The molecule has 0 fully saturated rings. The Morgan fingerprint density at radius 2 is 1.73 bits per heavy atom. The van der Waals surface area contributed by atoms with Gasteiger partial charge in [-0.15, -0.1) is 0 Å². The van der Waals surface area contributed by atoms with Crippen LogP contribution in [0.25, 0.3) is 0 Å². The van der Waals surface area contributed by atoms with Crippen molar-refractivity contribution in [1.82, 2.24) is 5.32 Å². The number of hydrogen-bond acceptors (Lipinski definition) is 2. The van der Waals surface area contributed by atoms with Gasteiger partial charge in [0.25, 0.3) is 0 Å². The third-order valence-electron chi connectivity index (χ3n) is 3.83. The SMILES string of the molecule is O=C(Cc1ccccc1)NCC(=O)N1CCc2ccccc21. The first kappa shape index (κ1) is 14.3. The lowest BCUT2D eigenvalue weighted by molar-refractivity contribution is -0.124. The molecule has 0 saturated heterocycles. The fourth-order valence-corrected chi connectivity index (χ4v) is 2.71. The highest BCUT2D eigenvalue weighted by molar-refractivity contribution is 5.98. The number of nitrogens with zero attached hydrogens (tertiary/aromatic N) is 1. The number of benzene rings is 2. The van der Waals surface area contributed by atoms with E-state index in [4.69, 9.17) is 0 Å². The van der Waals surface area contributed by atoms with Crippen LogP contribution in [-0.4, -0.2) is 24.9 Å².